The number of piperidine rings is 1. The van der Waals surface area contributed by atoms with Crippen LogP contribution in [0.5, 0.6) is 0 Å². The van der Waals surface area contributed by atoms with Crippen molar-refractivity contribution in [2.75, 3.05) is 6.54 Å². The summed E-state index contributed by atoms with van der Waals surface area (Å²) in [4.78, 5) is 30.1. The van der Waals surface area contributed by atoms with Gasteiger partial charge in [0.15, 0.2) is 0 Å². The number of aliphatic carboxylic acids is 1. The van der Waals surface area contributed by atoms with E-state index in [0.717, 1.165) is 42.1 Å². The summed E-state index contributed by atoms with van der Waals surface area (Å²) in [6.07, 6.45) is 3.87. The largest absolute Gasteiger partial charge is 0.481 e. The van der Waals surface area contributed by atoms with Crippen LogP contribution in [0.15, 0.2) is 29.6 Å². The Morgan fingerprint density at radius 3 is 2.77 bits per heavy atom. The van der Waals surface area contributed by atoms with E-state index in [1.807, 2.05) is 22.4 Å². The molecule has 0 spiro atoms. The third-order valence-corrected chi connectivity index (χ3v) is 5.76. The fraction of sp³-hybridized carbons (Fsp3) is 0.450. The van der Waals surface area contributed by atoms with Gasteiger partial charge >= 0.3 is 5.97 Å². The second kappa shape index (κ2) is 8.45. The van der Waals surface area contributed by atoms with Gasteiger partial charge in [-0.05, 0) is 32.6 Å². The van der Waals surface area contributed by atoms with Crippen LogP contribution in [0.2, 0.25) is 0 Å². The van der Waals surface area contributed by atoms with Crippen molar-refractivity contribution in [2.45, 2.75) is 51.5 Å². The Balaban J connectivity index is 1.65. The van der Waals surface area contributed by atoms with Crippen LogP contribution in [0.4, 0.5) is 0 Å². The first-order chi connectivity index (χ1) is 12.5. The first-order valence-corrected chi connectivity index (χ1v) is 9.93. The molecule has 26 heavy (non-hydrogen) atoms. The van der Waals surface area contributed by atoms with Crippen LogP contribution in [-0.4, -0.2) is 39.5 Å². The average Bonchev–Trinajstić information content (AvgIpc) is 3.09. The monoisotopic (exact) mass is 372 g/mol. The third kappa shape index (κ3) is 4.69. The first kappa shape index (κ1) is 18.6. The molecule has 1 aliphatic heterocycles. The Morgan fingerprint density at radius 2 is 2.04 bits per heavy atom. The highest BCUT2D eigenvalue weighted by Crippen LogP contribution is 2.26. The number of carboxylic acid groups (broad SMARTS) is 1. The van der Waals surface area contributed by atoms with E-state index in [0.29, 0.717) is 6.42 Å². The zero-order valence-electron chi connectivity index (χ0n) is 15.0. The van der Waals surface area contributed by atoms with E-state index in [2.05, 4.69) is 24.0 Å². The molecule has 1 aromatic carbocycles. The SMILES string of the molecule is Cc1ccc(-c2nc(CC(=O)N3CCCCC3CCC(=O)O)cs2)cc1. The summed E-state index contributed by atoms with van der Waals surface area (Å²) in [6, 6.07) is 8.26. The molecule has 1 fully saturated rings. The van der Waals surface area contributed by atoms with Gasteiger partial charge in [-0.25, -0.2) is 4.98 Å². The summed E-state index contributed by atoms with van der Waals surface area (Å²) < 4.78 is 0. The Morgan fingerprint density at radius 1 is 1.27 bits per heavy atom. The van der Waals surface area contributed by atoms with Gasteiger partial charge in [-0.1, -0.05) is 29.8 Å². The maximum Gasteiger partial charge on any atom is 0.303 e. The van der Waals surface area contributed by atoms with Gasteiger partial charge in [0, 0.05) is 30.0 Å². The molecule has 6 heteroatoms. The van der Waals surface area contributed by atoms with Gasteiger partial charge in [0.2, 0.25) is 5.91 Å². The number of hydrogen-bond donors (Lipinski definition) is 1. The zero-order valence-corrected chi connectivity index (χ0v) is 15.8. The molecule has 1 N–H and O–H groups in total. The number of aryl methyl sites for hydroxylation is 1. The quantitative estimate of drug-likeness (QED) is 0.835. The van der Waals surface area contributed by atoms with E-state index in [9.17, 15) is 9.59 Å². The molecule has 1 aromatic heterocycles. The van der Waals surface area contributed by atoms with Gasteiger partial charge in [0.1, 0.15) is 5.01 Å². The first-order valence-electron chi connectivity index (χ1n) is 9.05. The van der Waals surface area contributed by atoms with E-state index < -0.39 is 5.97 Å². The van der Waals surface area contributed by atoms with Gasteiger partial charge in [-0.2, -0.15) is 0 Å². The average molecular weight is 372 g/mol. The van der Waals surface area contributed by atoms with E-state index in [4.69, 9.17) is 5.11 Å². The molecule has 0 radical (unpaired) electrons. The summed E-state index contributed by atoms with van der Waals surface area (Å²) in [7, 11) is 0. The molecule has 2 aromatic rings. The van der Waals surface area contributed by atoms with Crippen LogP contribution in [0, 0.1) is 6.92 Å². The maximum atomic E-state index is 12.8. The van der Waals surface area contributed by atoms with Crippen molar-refractivity contribution < 1.29 is 14.7 Å². The van der Waals surface area contributed by atoms with Crippen molar-refractivity contribution in [1.82, 2.24) is 9.88 Å². The number of nitrogens with zero attached hydrogens (tertiary/aromatic N) is 2. The van der Waals surface area contributed by atoms with E-state index in [1.54, 1.807) is 11.3 Å². The van der Waals surface area contributed by atoms with Crippen molar-refractivity contribution >= 4 is 23.2 Å². The zero-order chi connectivity index (χ0) is 18.5. The second-order valence-corrected chi connectivity index (χ2v) is 7.71. The highest BCUT2D eigenvalue weighted by atomic mass is 32.1. The molecule has 5 nitrogen and oxygen atoms in total. The molecular weight excluding hydrogens is 348 g/mol. The Labute approximate surface area is 157 Å². The van der Waals surface area contributed by atoms with Crippen molar-refractivity contribution in [3.63, 3.8) is 0 Å². The lowest BCUT2D eigenvalue weighted by molar-refractivity contribution is -0.139. The fourth-order valence-corrected chi connectivity index (χ4v) is 4.22. The van der Waals surface area contributed by atoms with Crippen LogP contribution < -0.4 is 0 Å². The van der Waals surface area contributed by atoms with Gasteiger partial charge in [0.25, 0.3) is 0 Å². The second-order valence-electron chi connectivity index (χ2n) is 6.86. The summed E-state index contributed by atoms with van der Waals surface area (Å²) >= 11 is 1.55. The number of aromatic nitrogens is 1. The number of rotatable bonds is 6. The van der Waals surface area contributed by atoms with Crippen molar-refractivity contribution in [3.8, 4) is 10.6 Å². The van der Waals surface area contributed by atoms with Crippen LogP contribution in [0.1, 0.15) is 43.4 Å². The lowest BCUT2D eigenvalue weighted by Crippen LogP contribution is -2.44. The number of thiazole rings is 1. The van der Waals surface area contributed by atoms with Crippen LogP contribution in [0.3, 0.4) is 0 Å². The van der Waals surface area contributed by atoms with E-state index in [1.165, 1.54) is 5.56 Å². The highest BCUT2D eigenvalue weighted by molar-refractivity contribution is 7.13. The molecule has 3 rings (SSSR count). The normalized spacial score (nSPS) is 17.3. The smallest absolute Gasteiger partial charge is 0.303 e. The molecule has 1 amide bonds. The number of carbonyl (C=O) groups is 2. The van der Waals surface area contributed by atoms with E-state index in [-0.39, 0.29) is 24.8 Å². The van der Waals surface area contributed by atoms with Crippen LogP contribution >= 0.6 is 11.3 Å². The van der Waals surface area contributed by atoms with Gasteiger partial charge in [0.05, 0.1) is 12.1 Å². The number of carbonyl (C=O) groups excluding carboxylic acids is 1. The van der Waals surface area contributed by atoms with Crippen molar-refractivity contribution in [3.05, 3.63) is 40.9 Å². The molecule has 138 valence electrons. The Bertz CT molecular complexity index is 770. The number of amides is 1. The van der Waals surface area contributed by atoms with Crippen LogP contribution in [0.25, 0.3) is 10.6 Å². The maximum absolute atomic E-state index is 12.8. The fourth-order valence-electron chi connectivity index (χ4n) is 3.39. The van der Waals surface area contributed by atoms with Gasteiger partial charge < -0.3 is 10.0 Å². The van der Waals surface area contributed by atoms with Crippen LogP contribution in [-0.2, 0) is 16.0 Å². The number of benzene rings is 1. The molecule has 0 saturated carbocycles. The number of carboxylic acids is 1. The summed E-state index contributed by atoms with van der Waals surface area (Å²) in [5.74, 6) is -0.744. The molecule has 1 saturated heterocycles. The van der Waals surface area contributed by atoms with Crippen molar-refractivity contribution in [2.24, 2.45) is 0 Å². The predicted molar refractivity (Wildman–Crippen MR) is 102 cm³/mol. The molecule has 1 aliphatic rings. The molecule has 0 aliphatic carbocycles. The number of likely N-dealkylation sites (tertiary alicyclic amines) is 1. The standard InChI is InChI=1S/C20H24N2O3S/c1-14-5-7-15(8-6-14)20-21-16(13-26-20)12-18(23)22-11-3-2-4-17(22)9-10-19(24)25/h5-8,13,17H,2-4,9-12H2,1H3,(H,24,25). The Kier molecular flexibility index (Phi) is 6.04. The lowest BCUT2D eigenvalue weighted by atomic mass is 9.97. The molecule has 2 heterocycles. The minimum absolute atomic E-state index is 0.0440. The molecule has 1 unspecified atom stereocenters. The summed E-state index contributed by atoms with van der Waals surface area (Å²) in [5, 5.41) is 11.8. The highest BCUT2D eigenvalue weighted by Gasteiger charge is 2.27. The van der Waals surface area contributed by atoms with E-state index >= 15 is 0 Å². The minimum atomic E-state index is -0.801. The summed E-state index contributed by atoms with van der Waals surface area (Å²) in [5.41, 5.74) is 3.06. The molecule has 1 atom stereocenters. The molecular formula is C20H24N2O3S. The third-order valence-electron chi connectivity index (χ3n) is 4.82. The molecule has 0 bridgehead atoms. The van der Waals surface area contributed by atoms with Crippen molar-refractivity contribution in [1.29, 1.82) is 0 Å². The van der Waals surface area contributed by atoms with Gasteiger partial charge in [-0.3, -0.25) is 9.59 Å². The Hall–Kier alpha value is -2.21. The topological polar surface area (TPSA) is 70.5 Å². The van der Waals surface area contributed by atoms with Gasteiger partial charge in [-0.15, -0.1) is 11.3 Å². The number of hydrogen-bond acceptors (Lipinski definition) is 4. The summed E-state index contributed by atoms with van der Waals surface area (Å²) in [6.45, 7) is 2.77. The minimum Gasteiger partial charge on any atom is -0.481 e. The lowest BCUT2D eigenvalue weighted by Gasteiger charge is -2.35. The predicted octanol–water partition coefficient (Wildman–Crippen LogP) is 3.91.